The summed E-state index contributed by atoms with van der Waals surface area (Å²) in [7, 11) is 0. The number of alkyl halides is 5. The maximum atomic E-state index is 12.5. The van der Waals surface area contributed by atoms with Gasteiger partial charge in [0.15, 0.2) is 6.61 Å². The highest BCUT2D eigenvalue weighted by molar-refractivity contribution is 5.47. The summed E-state index contributed by atoms with van der Waals surface area (Å²) in [6.45, 7) is -0.220. The van der Waals surface area contributed by atoms with E-state index in [4.69, 9.17) is 5.73 Å². The lowest BCUT2D eigenvalue weighted by Crippen LogP contribution is -2.41. The molecule has 0 bridgehead atoms. The zero-order valence-corrected chi connectivity index (χ0v) is 8.68. The van der Waals surface area contributed by atoms with Gasteiger partial charge in [0.25, 0.3) is 0 Å². The van der Waals surface area contributed by atoms with Gasteiger partial charge in [-0.2, -0.15) is 22.0 Å². The fourth-order valence-corrected chi connectivity index (χ4v) is 0.844. The second-order valence-corrected chi connectivity index (χ2v) is 3.37. The molecule has 17 heavy (non-hydrogen) atoms. The van der Waals surface area contributed by atoms with E-state index < -0.39 is 18.7 Å². The molecular weight excluding hydrogens is 247 g/mol. The summed E-state index contributed by atoms with van der Waals surface area (Å²) in [4.78, 5) is 3.52. The van der Waals surface area contributed by atoms with Crippen molar-refractivity contribution < 1.29 is 26.7 Å². The minimum absolute atomic E-state index is 0.199. The van der Waals surface area contributed by atoms with Crippen molar-refractivity contribution in [3.05, 3.63) is 17.8 Å². The lowest BCUT2D eigenvalue weighted by atomic mass is 10.3. The topological polar surface area (TPSA) is 48.1 Å². The smallest absolute Gasteiger partial charge is 0.456 e. The van der Waals surface area contributed by atoms with E-state index in [1.165, 1.54) is 6.20 Å². The highest BCUT2D eigenvalue weighted by atomic mass is 19.4. The monoisotopic (exact) mass is 256 g/mol. The SMILES string of the molecule is Cc1cnc(OCC(F)(F)C(F)(F)F)cc1N. The Bertz CT molecular complexity index is 405. The molecule has 96 valence electrons. The third-order valence-electron chi connectivity index (χ3n) is 1.94. The molecule has 0 fully saturated rings. The Hall–Kier alpha value is -1.60. The summed E-state index contributed by atoms with van der Waals surface area (Å²) >= 11 is 0. The van der Waals surface area contributed by atoms with E-state index >= 15 is 0 Å². The van der Waals surface area contributed by atoms with Gasteiger partial charge in [-0.1, -0.05) is 0 Å². The summed E-state index contributed by atoms with van der Waals surface area (Å²) in [5.41, 5.74) is 6.18. The Morgan fingerprint density at radius 1 is 1.29 bits per heavy atom. The molecule has 0 atom stereocenters. The average molecular weight is 256 g/mol. The first-order valence-corrected chi connectivity index (χ1v) is 4.43. The molecule has 0 aromatic carbocycles. The van der Waals surface area contributed by atoms with Crippen LogP contribution in [0.1, 0.15) is 5.56 Å². The van der Waals surface area contributed by atoms with Crippen LogP contribution in [0.25, 0.3) is 0 Å². The van der Waals surface area contributed by atoms with Gasteiger partial charge in [-0.3, -0.25) is 0 Å². The van der Waals surface area contributed by atoms with Crippen LogP contribution in [-0.2, 0) is 0 Å². The Kier molecular flexibility index (Phi) is 3.44. The van der Waals surface area contributed by atoms with Crippen LogP contribution in [0.2, 0.25) is 0 Å². The normalized spacial score (nSPS) is 12.6. The van der Waals surface area contributed by atoms with Gasteiger partial charge >= 0.3 is 12.1 Å². The van der Waals surface area contributed by atoms with Crippen molar-refractivity contribution in [2.45, 2.75) is 19.0 Å². The van der Waals surface area contributed by atoms with Gasteiger partial charge in [0, 0.05) is 18.0 Å². The molecule has 2 N–H and O–H groups in total. The molecule has 1 aromatic heterocycles. The first-order chi connectivity index (χ1) is 7.63. The van der Waals surface area contributed by atoms with E-state index in [1.807, 2.05) is 0 Å². The molecule has 0 radical (unpaired) electrons. The molecule has 1 heterocycles. The van der Waals surface area contributed by atoms with Crippen molar-refractivity contribution >= 4 is 5.69 Å². The maximum absolute atomic E-state index is 12.5. The van der Waals surface area contributed by atoms with Gasteiger partial charge < -0.3 is 10.5 Å². The average Bonchev–Trinajstić information content (AvgIpc) is 2.18. The Morgan fingerprint density at radius 2 is 1.88 bits per heavy atom. The zero-order chi connectivity index (χ0) is 13.3. The first kappa shape index (κ1) is 13.5. The summed E-state index contributed by atoms with van der Waals surface area (Å²) in [6.07, 6.45) is -4.43. The van der Waals surface area contributed by atoms with Gasteiger partial charge in [-0.25, -0.2) is 4.98 Å². The van der Waals surface area contributed by atoms with Gasteiger partial charge in [0.05, 0.1) is 0 Å². The molecule has 0 aliphatic carbocycles. The van der Waals surface area contributed by atoms with E-state index in [0.29, 0.717) is 5.56 Å². The van der Waals surface area contributed by atoms with Crippen LogP contribution in [0.4, 0.5) is 27.6 Å². The highest BCUT2D eigenvalue weighted by Crippen LogP contribution is 2.35. The first-order valence-electron chi connectivity index (χ1n) is 4.43. The van der Waals surface area contributed by atoms with Crippen molar-refractivity contribution in [1.29, 1.82) is 0 Å². The zero-order valence-electron chi connectivity index (χ0n) is 8.68. The molecule has 0 aliphatic heterocycles. The number of pyridine rings is 1. The number of hydrogen-bond acceptors (Lipinski definition) is 3. The van der Waals surface area contributed by atoms with Crippen LogP contribution in [0.5, 0.6) is 5.88 Å². The molecule has 3 nitrogen and oxygen atoms in total. The fraction of sp³-hybridized carbons (Fsp3) is 0.444. The molecule has 1 aromatic rings. The third kappa shape index (κ3) is 3.18. The van der Waals surface area contributed by atoms with Crippen LogP contribution in [0, 0.1) is 6.92 Å². The minimum Gasteiger partial charge on any atom is -0.471 e. The molecule has 1 rings (SSSR count). The van der Waals surface area contributed by atoms with Crippen molar-refractivity contribution in [1.82, 2.24) is 4.98 Å². The predicted molar refractivity (Wildman–Crippen MR) is 49.9 cm³/mol. The van der Waals surface area contributed by atoms with Crippen molar-refractivity contribution in [2.24, 2.45) is 0 Å². The number of aryl methyl sites for hydroxylation is 1. The summed E-state index contributed by atoms with van der Waals surface area (Å²) in [6, 6.07) is 1.09. The molecule has 0 saturated carbocycles. The second kappa shape index (κ2) is 4.34. The van der Waals surface area contributed by atoms with Gasteiger partial charge in [0.2, 0.25) is 5.88 Å². The largest absolute Gasteiger partial charge is 0.471 e. The minimum atomic E-state index is -5.65. The van der Waals surface area contributed by atoms with E-state index in [9.17, 15) is 22.0 Å². The molecule has 0 amide bonds. The van der Waals surface area contributed by atoms with Gasteiger partial charge in [0.1, 0.15) is 0 Å². The lowest BCUT2D eigenvalue weighted by Gasteiger charge is -2.19. The maximum Gasteiger partial charge on any atom is 0.456 e. The van der Waals surface area contributed by atoms with Crippen molar-refractivity contribution in [3.63, 3.8) is 0 Å². The molecule has 0 spiro atoms. The standard InChI is InChI=1S/C9H9F5N2O/c1-5-3-16-7(2-6(5)15)17-4-8(10,11)9(12,13)14/h2-3H,4H2,1H3,(H2,15,16). The predicted octanol–water partition coefficient (Wildman–Crippen LogP) is 2.55. The summed E-state index contributed by atoms with van der Waals surface area (Å²) in [5, 5.41) is 0. The lowest BCUT2D eigenvalue weighted by molar-refractivity contribution is -0.290. The summed E-state index contributed by atoms with van der Waals surface area (Å²) in [5.74, 6) is -5.30. The van der Waals surface area contributed by atoms with E-state index in [-0.39, 0.29) is 11.6 Å². The van der Waals surface area contributed by atoms with Gasteiger partial charge in [-0.15, -0.1) is 0 Å². The van der Waals surface area contributed by atoms with Crippen LogP contribution in [0.3, 0.4) is 0 Å². The van der Waals surface area contributed by atoms with E-state index in [0.717, 1.165) is 6.07 Å². The number of hydrogen-bond donors (Lipinski definition) is 1. The number of rotatable bonds is 3. The van der Waals surface area contributed by atoms with Crippen LogP contribution in [0.15, 0.2) is 12.3 Å². The van der Waals surface area contributed by atoms with E-state index in [2.05, 4.69) is 9.72 Å². The second-order valence-electron chi connectivity index (χ2n) is 3.37. The van der Waals surface area contributed by atoms with Crippen LogP contribution in [-0.4, -0.2) is 23.7 Å². The number of ether oxygens (including phenoxy) is 1. The quantitative estimate of drug-likeness (QED) is 0.845. The third-order valence-corrected chi connectivity index (χ3v) is 1.94. The van der Waals surface area contributed by atoms with Crippen LogP contribution < -0.4 is 10.5 Å². The summed E-state index contributed by atoms with van der Waals surface area (Å²) < 4.78 is 64.7. The van der Waals surface area contributed by atoms with E-state index in [1.54, 1.807) is 6.92 Å². The number of nitrogen functional groups attached to an aromatic ring is 1. The molecule has 0 saturated heterocycles. The molecular formula is C9H9F5N2O. The highest BCUT2D eigenvalue weighted by Gasteiger charge is 2.58. The molecule has 0 aliphatic rings. The number of anilines is 1. The molecule has 8 heteroatoms. The molecule has 0 unspecified atom stereocenters. The number of nitrogens with two attached hydrogens (primary N) is 1. The van der Waals surface area contributed by atoms with Crippen molar-refractivity contribution in [3.8, 4) is 5.88 Å². The number of aromatic nitrogens is 1. The Balaban J connectivity index is 2.71. The number of nitrogens with zero attached hydrogens (tertiary/aromatic N) is 1. The van der Waals surface area contributed by atoms with Gasteiger partial charge in [-0.05, 0) is 12.5 Å². The Labute approximate surface area is 93.4 Å². The number of halogens is 5. The Morgan fingerprint density at radius 3 is 2.35 bits per heavy atom. The fourth-order valence-electron chi connectivity index (χ4n) is 0.844. The van der Waals surface area contributed by atoms with Crippen molar-refractivity contribution in [2.75, 3.05) is 12.3 Å². The van der Waals surface area contributed by atoms with Crippen LogP contribution >= 0.6 is 0 Å².